The van der Waals surface area contributed by atoms with Gasteiger partial charge in [-0.2, -0.15) is 13.2 Å². The van der Waals surface area contributed by atoms with Crippen LogP contribution in [0.3, 0.4) is 0 Å². The van der Waals surface area contributed by atoms with Crippen molar-refractivity contribution >= 4 is 5.78 Å². The second-order valence-electron chi connectivity index (χ2n) is 6.84. The molecule has 3 aromatic rings. The average Bonchev–Trinajstić information content (AvgIpc) is 2.97. The maximum Gasteiger partial charge on any atom is 0.425 e. The average molecular weight is 382 g/mol. The van der Waals surface area contributed by atoms with E-state index in [-0.39, 0.29) is 16.9 Å². The number of Topliss-reactive ketones (excluding diaryl/α,β-unsaturated/α-hetero) is 1. The fourth-order valence-electron chi connectivity index (χ4n) is 3.90. The lowest BCUT2D eigenvalue weighted by Gasteiger charge is -2.28. The normalized spacial score (nSPS) is 17.9. The van der Waals surface area contributed by atoms with Crippen LogP contribution in [-0.4, -0.2) is 17.1 Å². The van der Waals surface area contributed by atoms with Gasteiger partial charge < -0.3 is 5.11 Å². The molecule has 4 rings (SSSR count). The minimum Gasteiger partial charge on any atom is -0.372 e. The van der Waals surface area contributed by atoms with Gasteiger partial charge in [-0.1, -0.05) is 67.6 Å². The number of ketones is 1. The Bertz CT molecular complexity index is 1090. The Kier molecular flexibility index (Phi) is 4.16. The molecule has 0 aromatic heterocycles. The molecule has 3 aromatic carbocycles. The minimum atomic E-state index is -4.88. The second-order valence-corrected chi connectivity index (χ2v) is 6.84. The van der Waals surface area contributed by atoms with Crippen molar-refractivity contribution in [1.82, 2.24) is 0 Å². The highest BCUT2D eigenvalue weighted by Crippen LogP contribution is 2.55. The molecule has 0 spiro atoms. The predicted molar refractivity (Wildman–Crippen MR) is 101 cm³/mol. The molecule has 0 heterocycles. The van der Waals surface area contributed by atoms with Crippen molar-refractivity contribution in [1.29, 1.82) is 0 Å². The first-order valence-electron chi connectivity index (χ1n) is 8.95. The molecule has 1 aliphatic carbocycles. The van der Waals surface area contributed by atoms with Crippen LogP contribution in [-0.2, 0) is 5.60 Å². The van der Waals surface area contributed by atoms with E-state index in [9.17, 15) is 23.1 Å². The van der Waals surface area contributed by atoms with Gasteiger partial charge in [-0.15, -0.1) is 0 Å². The van der Waals surface area contributed by atoms with Gasteiger partial charge in [0.15, 0.2) is 5.78 Å². The van der Waals surface area contributed by atoms with Gasteiger partial charge in [-0.05, 0) is 28.3 Å². The van der Waals surface area contributed by atoms with Crippen LogP contribution in [0.1, 0.15) is 34.8 Å². The summed E-state index contributed by atoms with van der Waals surface area (Å²) in [7, 11) is 0. The van der Waals surface area contributed by atoms with E-state index < -0.39 is 11.8 Å². The second kappa shape index (κ2) is 6.31. The van der Waals surface area contributed by atoms with E-state index >= 15 is 0 Å². The Morgan fingerprint density at radius 2 is 1.50 bits per heavy atom. The van der Waals surface area contributed by atoms with Crippen LogP contribution in [0.25, 0.3) is 22.3 Å². The lowest BCUT2D eigenvalue weighted by atomic mass is 9.88. The van der Waals surface area contributed by atoms with Crippen molar-refractivity contribution in [3.63, 3.8) is 0 Å². The number of rotatable bonds is 3. The van der Waals surface area contributed by atoms with E-state index in [0.717, 1.165) is 0 Å². The summed E-state index contributed by atoms with van der Waals surface area (Å²) in [6, 6.07) is 17.5. The van der Waals surface area contributed by atoms with Crippen molar-refractivity contribution < 1.29 is 23.1 Å². The van der Waals surface area contributed by atoms with E-state index in [0.29, 0.717) is 34.2 Å². The Morgan fingerprint density at radius 1 is 0.893 bits per heavy atom. The van der Waals surface area contributed by atoms with Gasteiger partial charge >= 0.3 is 6.18 Å². The molecule has 28 heavy (non-hydrogen) atoms. The number of carbonyl (C=O) groups is 1. The van der Waals surface area contributed by atoms with Gasteiger partial charge in [0.25, 0.3) is 0 Å². The van der Waals surface area contributed by atoms with E-state index in [1.54, 1.807) is 55.5 Å². The van der Waals surface area contributed by atoms with E-state index in [1.165, 1.54) is 18.2 Å². The summed E-state index contributed by atoms with van der Waals surface area (Å²) in [5.74, 6) is -0.0922. The van der Waals surface area contributed by atoms with Gasteiger partial charge in [0, 0.05) is 23.1 Å². The Morgan fingerprint density at radius 3 is 2.18 bits per heavy atom. The summed E-state index contributed by atoms with van der Waals surface area (Å²) in [6.07, 6.45) is -4.59. The number of hydrogen-bond acceptors (Lipinski definition) is 2. The summed E-state index contributed by atoms with van der Waals surface area (Å²) in [6.45, 7) is 1.74. The van der Waals surface area contributed by atoms with E-state index in [2.05, 4.69) is 0 Å². The topological polar surface area (TPSA) is 37.3 Å². The van der Waals surface area contributed by atoms with Crippen molar-refractivity contribution in [3.05, 3.63) is 83.4 Å². The van der Waals surface area contributed by atoms with Crippen LogP contribution >= 0.6 is 0 Å². The molecule has 0 amide bonds. The Balaban J connectivity index is 1.97. The third kappa shape index (κ3) is 2.50. The molecule has 0 saturated carbocycles. The summed E-state index contributed by atoms with van der Waals surface area (Å²) < 4.78 is 42.0. The van der Waals surface area contributed by atoms with Crippen molar-refractivity contribution in [2.24, 2.45) is 0 Å². The summed E-state index contributed by atoms with van der Waals surface area (Å²) in [4.78, 5) is 12.3. The minimum absolute atomic E-state index is 0.0922. The van der Waals surface area contributed by atoms with Crippen LogP contribution in [0.5, 0.6) is 0 Å². The molecular weight excluding hydrogens is 365 g/mol. The highest BCUT2D eigenvalue weighted by molar-refractivity contribution is 6.02. The first-order valence-corrected chi connectivity index (χ1v) is 8.95. The molecule has 5 heteroatoms. The van der Waals surface area contributed by atoms with Crippen LogP contribution in [0.4, 0.5) is 13.2 Å². The number of hydrogen-bond donors (Lipinski definition) is 1. The van der Waals surface area contributed by atoms with Crippen molar-refractivity contribution in [2.75, 3.05) is 0 Å². The van der Waals surface area contributed by atoms with Crippen LogP contribution in [0.2, 0.25) is 0 Å². The number of alkyl halides is 3. The summed E-state index contributed by atoms with van der Waals surface area (Å²) in [5.41, 5.74) is -1.29. The van der Waals surface area contributed by atoms with Gasteiger partial charge in [0.05, 0.1) is 0 Å². The van der Waals surface area contributed by atoms with Crippen LogP contribution < -0.4 is 0 Å². The monoisotopic (exact) mass is 382 g/mol. The molecule has 0 saturated heterocycles. The number of aliphatic hydroxyl groups is 1. The molecule has 1 aliphatic rings. The van der Waals surface area contributed by atoms with E-state index in [4.69, 9.17) is 0 Å². The van der Waals surface area contributed by atoms with Crippen molar-refractivity contribution in [3.8, 4) is 22.3 Å². The highest BCUT2D eigenvalue weighted by Gasteiger charge is 2.60. The highest BCUT2D eigenvalue weighted by atomic mass is 19.4. The van der Waals surface area contributed by atoms with Gasteiger partial charge in [-0.3, -0.25) is 4.79 Å². The third-order valence-corrected chi connectivity index (χ3v) is 5.29. The Labute approximate surface area is 160 Å². The fraction of sp³-hybridized carbons (Fsp3) is 0.174. The SMILES string of the molecule is CCC(=O)c1ccccc1-c1ccc2c(c1)C(O)(C(F)(F)F)c1ccccc1-2. The molecule has 0 bridgehead atoms. The van der Waals surface area contributed by atoms with E-state index in [1.807, 2.05) is 0 Å². The van der Waals surface area contributed by atoms with Gasteiger partial charge in [0.1, 0.15) is 0 Å². The number of carbonyl (C=O) groups excluding carboxylic acids is 1. The standard InChI is InChI=1S/C23H17F3O2/c1-2-21(27)18-9-4-3-7-15(18)14-11-12-17-16-8-5-6-10-19(16)22(28,20(17)13-14)23(24,25)26/h3-13,28H,2H2,1H3. The zero-order chi connectivity index (χ0) is 20.1. The largest absolute Gasteiger partial charge is 0.425 e. The molecule has 1 N–H and O–H groups in total. The predicted octanol–water partition coefficient (Wildman–Crippen LogP) is 5.72. The van der Waals surface area contributed by atoms with Gasteiger partial charge in [-0.25, -0.2) is 0 Å². The number of halogens is 3. The molecule has 1 unspecified atom stereocenters. The third-order valence-electron chi connectivity index (χ3n) is 5.29. The first-order chi connectivity index (χ1) is 13.3. The maximum atomic E-state index is 14.0. The fourth-order valence-corrected chi connectivity index (χ4v) is 3.90. The van der Waals surface area contributed by atoms with Crippen LogP contribution in [0, 0.1) is 0 Å². The molecule has 0 fully saturated rings. The number of benzene rings is 3. The number of fused-ring (bicyclic) bond motifs is 3. The lowest BCUT2D eigenvalue weighted by Crippen LogP contribution is -2.41. The molecule has 2 nitrogen and oxygen atoms in total. The smallest absolute Gasteiger partial charge is 0.372 e. The zero-order valence-corrected chi connectivity index (χ0v) is 15.0. The maximum absolute atomic E-state index is 14.0. The lowest BCUT2D eigenvalue weighted by molar-refractivity contribution is -0.246. The summed E-state index contributed by atoms with van der Waals surface area (Å²) >= 11 is 0. The molecular formula is C23H17F3O2. The zero-order valence-electron chi connectivity index (χ0n) is 15.0. The molecule has 0 radical (unpaired) electrons. The van der Waals surface area contributed by atoms with Crippen LogP contribution in [0.15, 0.2) is 66.7 Å². The quantitative estimate of drug-likeness (QED) is 0.588. The van der Waals surface area contributed by atoms with Gasteiger partial charge in [0.2, 0.25) is 5.60 Å². The molecule has 142 valence electrons. The molecule has 0 aliphatic heterocycles. The van der Waals surface area contributed by atoms with Crippen molar-refractivity contribution in [2.45, 2.75) is 25.1 Å². The summed E-state index contributed by atoms with van der Waals surface area (Å²) in [5, 5.41) is 10.8. The molecule has 1 atom stereocenters. The first kappa shape index (κ1) is 18.4. The Hall–Kier alpha value is -2.92.